The fourth-order valence-electron chi connectivity index (χ4n) is 2.10. The van der Waals surface area contributed by atoms with Gasteiger partial charge in [-0.15, -0.1) is 0 Å². The molecule has 0 saturated heterocycles. The van der Waals surface area contributed by atoms with Crippen LogP contribution in [0.2, 0.25) is 5.02 Å². The van der Waals surface area contributed by atoms with Crippen LogP contribution >= 0.6 is 27.5 Å². The van der Waals surface area contributed by atoms with Gasteiger partial charge in [-0.25, -0.2) is 4.39 Å². The van der Waals surface area contributed by atoms with E-state index in [4.69, 9.17) is 17.4 Å². The van der Waals surface area contributed by atoms with Gasteiger partial charge in [-0.3, -0.25) is 11.3 Å². The van der Waals surface area contributed by atoms with Gasteiger partial charge in [0.15, 0.2) is 0 Å². The van der Waals surface area contributed by atoms with E-state index in [1.54, 1.807) is 12.1 Å². The second kappa shape index (κ2) is 7.18. The maximum atomic E-state index is 13.7. The maximum Gasteiger partial charge on any atom is 0.126 e. The van der Waals surface area contributed by atoms with Crippen LogP contribution in [0.5, 0.6) is 0 Å². The number of halogens is 3. The molecule has 2 nitrogen and oxygen atoms in total. The van der Waals surface area contributed by atoms with E-state index in [1.165, 1.54) is 6.07 Å². The maximum absolute atomic E-state index is 13.7. The topological polar surface area (TPSA) is 38.0 Å². The Labute approximate surface area is 131 Å². The molecule has 1 atom stereocenters. The smallest absolute Gasteiger partial charge is 0.126 e. The molecular weight excluding hydrogens is 343 g/mol. The average Bonchev–Trinajstić information content (AvgIpc) is 2.42. The van der Waals surface area contributed by atoms with Crippen LogP contribution < -0.4 is 11.3 Å². The normalized spacial score (nSPS) is 12.4. The minimum atomic E-state index is -0.260. The summed E-state index contributed by atoms with van der Waals surface area (Å²) in [5, 5.41) is 0.527. The van der Waals surface area contributed by atoms with Crippen LogP contribution in [0.3, 0.4) is 0 Å². The van der Waals surface area contributed by atoms with Gasteiger partial charge in [-0.2, -0.15) is 0 Å². The van der Waals surface area contributed by atoms with Crippen molar-refractivity contribution < 1.29 is 4.39 Å². The highest BCUT2D eigenvalue weighted by Crippen LogP contribution is 2.18. The SMILES string of the molecule is NNC(Cc1cccc(Br)c1)Cc1cc(Cl)ccc1F. The first-order valence-electron chi connectivity index (χ1n) is 6.23. The van der Waals surface area contributed by atoms with Crippen molar-refractivity contribution in [2.45, 2.75) is 18.9 Å². The molecule has 5 heteroatoms. The van der Waals surface area contributed by atoms with Gasteiger partial charge in [0.1, 0.15) is 5.82 Å². The van der Waals surface area contributed by atoms with Gasteiger partial charge in [0.05, 0.1) is 0 Å². The fourth-order valence-corrected chi connectivity index (χ4v) is 2.75. The Morgan fingerprint density at radius 3 is 2.70 bits per heavy atom. The molecule has 106 valence electrons. The quantitative estimate of drug-likeness (QED) is 0.630. The Morgan fingerprint density at radius 2 is 2.00 bits per heavy atom. The van der Waals surface area contributed by atoms with Crippen LogP contribution in [-0.2, 0) is 12.8 Å². The summed E-state index contributed by atoms with van der Waals surface area (Å²) in [5.74, 6) is 5.32. The van der Waals surface area contributed by atoms with Crippen molar-refractivity contribution in [1.29, 1.82) is 0 Å². The molecule has 0 spiro atoms. The first-order valence-corrected chi connectivity index (χ1v) is 7.40. The summed E-state index contributed by atoms with van der Waals surface area (Å²) in [6.45, 7) is 0. The standard InChI is InChI=1S/C15H15BrClFN2/c16-12-3-1-2-10(6-12)7-14(20-19)9-11-8-13(17)4-5-15(11)18/h1-6,8,14,20H,7,9,19H2. The van der Waals surface area contributed by atoms with Crippen molar-refractivity contribution >= 4 is 27.5 Å². The summed E-state index contributed by atoms with van der Waals surface area (Å²) in [6.07, 6.45) is 1.19. The largest absolute Gasteiger partial charge is 0.271 e. The number of rotatable bonds is 5. The molecule has 2 aromatic carbocycles. The van der Waals surface area contributed by atoms with E-state index in [2.05, 4.69) is 21.4 Å². The van der Waals surface area contributed by atoms with Crippen molar-refractivity contribution in [3.8, 4) is 0 Å². The summed E-state index contributed by atoms with van der Waals surface area (Å²) in [7, 11) is 0. The van der Waals surface area contributed by atoms with Gasteiger partial charge in [0.2, 0.25) is 0 Å². The van der Waals surface area contributed by atoms with Gasteiger partial charge < -0.3 is 0 Å². The van der Waals surface area contributed by atoms with Crippen LogP contribution in [0.15, 0.2) is 46.9 Å². The zero-order valence-corrected chi connectivity index (χ0v) is 13.1. The summed E-state index contributed by atoms with van der Waals surface area (Å²) >= 11 is 9.33. The molecule has 0 aromatic heterocycles. The van der Waals surface area contributed by atoms with Crippen molar-refractivity contribution in [3.05, 3.63) is 68.9 Å². The van der Waals surface area contributed by atoms with Crippen molar-refractivity contribution in [2.75, 3.05) is 0 Å². The highest BCUT2D eigenvalue weighted by molar-refractivity contribution is 9.10. The van der Waals surface area contributed by atoms with Crippen LogP contribution in [0, 0.1) is 5.82 Å². The van der Waals surface area contributed by atoms with Crippen LogP contribution in [0.1, 0.15) is 11.1 Å². The number of hydrogen-bond acceptors (Lipinski definition) is 2. The van der Waals surface area contributed by atoms with Gasteiger partial charge >= 0.3 is 0 Å². The Morgan fingerprint density at radius 1 is 1.20 bits per heavy atom. The highest BCUT2D eigenvalue weighted by Gasteiger charge is 2.12. The van der Waals surface area contributed by atoms with Crippen LogP contribution in [-0.4, -0.2) is 6.04 Å². The minimum Gasteiger partial charge on any atom is -0.271 e. The molecule has 0 radical (unpaired) electrons. The van der Waals surface area contributed by atoms with E-state index in [-0.39, 0.29) is 11.9 Å². The van der Waals surface area contributed by atoms with Gasteiger partial charge in [0.25, 0.3) is 0 Å². The summed E-state index contributed by atoms with van der Waals surface area (Å²) in [4.78, 5) is 0. The molecule has 0 aliphatic rings. The van der Waals surface area contributed by atoms with Gasteiger partial charge in [0, 0.05) is 15.5 Å². The molecule has 0 amide bonds. The van der Waals surface area contributed by atoms with Crippen LogP contribution in [0.4, 0.5) is 4.39 Å². The summed E-state index contributed by atoms with van der Waals surface area (Å²) in [5.41, 5.74) is 4.43. The predicted octanol–water partition coefficient (Wildman–Crippen LogP) is 3.86. The Hall–Kier alpha value is -0.940. The lowest BCUT2D eigenvalue weighted by Gasteiger charge is -2.17. The molecule has 1 unspecified atom stereocenters. The molecule has 3 N–H and O–H groups in total. The number of hydrogen-bond donors (Lipinski definition) is 2. The Bertz CT molecular complexity index is 592. The third-order valence-electron chi connectivity index (χ3n) is 3.08. The first kappa shape index (κ1) is 15.4. The zero-order chi connectivity index (χ0) is 14.5. The lowest BCUT2D eigenvalue weighted by Crippen LogP contribution is -2.38. The molecule has 0 fully saturated rings. The third-order valence-corrected chi connectivity index (χ3v) is 3.81. The molecule has 0 heterocycles. The van der Waals surface area contributed by atoms with Crippen molar-refractivity contribution in [3.63, 3.8) is 0 Å². The number of nitrogens with one attached hydrogen (secondary N) is 1. The fraction of sp³-hybridized carbons (Fsp3) is 0.200. The van der Waals surface area contributed by atoms with Crippen molar-refractivity contribution in [2.24, 2.45) is 5.84 Å². The minimum absolute atomic E-state index is 0.0581. The molecule has 0 saturated carbocycles. The Balaban J connectivity index is 2.11. The third kappa shape index (κ3) is 4.28. The van der Waals surface area contributed by atoms with Gasteiger partial charge in [-0.05, 0) is 54.3 Å². The van der Waals surface area contributed by atoms with E-state index in [1.807, 2.05) is 24.3 Å². The lowest BCUT2D eigenvalue weighted by molar-refractivity contribution is 0.506. The predicted molar refractivity (Wildman–Crippen MR) is 84.1 cm³/mol. The second-order valence-electron chi connectivity index (χ2n) is 4.64. The van der Waals surface area contributed by atoms with E-state index in [0.717, 1.165) is 10.0 Å². The highest BCUT2D eigenvalue weighted by atomic mass is 79.9. The van der Waals surface area contributed by atoms with Crippen molar-refractivity contribution in [1.82, 2.24) is 5.43 Å². The molecule has 20 heavy (non-hydrogen) atoms. The van der Waals surface area contributed by atoms with E-state index in [9.17, 15) is 4.39 Å². The van der Waals surface area contributed by atoms with E-state index < -0.39 is 0 Å². The molecule has 2 aromatic rings. The van der Waals surface area contributed by atoms with Crippen LogP contribution in [0.25, 0.3) is 0 Å². The average molecular weight is 358 g/mol. The molecule has 0 aliphatic carbocycles. The lowest BCUT2D eigenvalue weighted by atomic mass is 9.99. The molecule has 2 rings (SSSR count). The molecule has 0 bridgehead atoms. The molecule has 0 aliphatic heterocycles. The van der Waals surface area contributed by atoms with E-state index in [0.29, 0.717) is 23.4 Å². The molecular formula is C15H15BrClFN2. The number of benzene rings is 2. The Kier molecular flexibility index (Phi) is 5.54. The number of hydrazine groups is 1. The van der Waals surface area contributed by atoms with E-state index >= 15 is 0 Å². The first-order chi connectivity index (χ1) is 9.58. The summed E-state index contributed by atoms with van der Waals surface area (Å²) in [6, 6.07) is 12.5. The second-order valence-corrected chi connectivity index (χ2v) is 5.99. The number of nitrogens with two attached hydrogens (primary N) is 1. The van der Waals surface area contributed by atoms with Gasteiger partial charge in [-0.1, -0.05) is 39.7 Å². The summed E-state index contributed by atoms with van der Waals surface area (Å²) < 4.78 is 14.7. The zero-order valence-electron chi connectivity index (χ0n) is 10.7. The monoisotopic (exact) mass is 356 g/mol.